The maximum Gasteiger partial charge on any atom is 0.255 e. The van der Waals surface area contributed by atoms with Gasteiger partial charge in [-0.3, -0.25) is 19.7 Å². The first-order chi connectivity index (χ1) is 16.5. The van der Waals surface area contributed by atoms with Crippen LogP contribution in [0, 0.1) is 0 Å². The van der Waals surface area contributed by atoms with E-state index < -0.39 is 11.9 Å². The van der Waals surface area contributed by atoms with Crippen LogP contribution in [0.5, 0.6) is 11.5 Å². The van der Waals surface area contributed by atoms with Gasteiger partial charge < -0.3 is 14.4 Å². The van der Waals surface area contributed by atoms with Gasteiger partial charge in [0.05, 0.1) is 12.7 Å². The summed E-state index contributed by atoms with van der Waals surface area (Å²) >= 11 is 0. The molecule has 4 heterocycles. The number of ether oxygens (including phenoxy) is 2. The molecule has 2 aromatic carbocycles. The third kappa shape index (κ3) is 3.57. The van der Waals surface area contributed by atoms with Gasteiger partial charge in [0.25, 0.3) is 5.91 Å². The van der Waals surface area contributed by atoms with Gasteiger partial charge in [-0.05, 0) is 36.2 Å². The summed E-state index contributed by atoms with van der Waals surface area (Å²) in [5.41, 5.74) is 2.88. The molecule has 3 aliphatic rings. The Kier molecular flexibility index (Phi) is 4.79. The lowest BCUT2D eigenvalue weighted by atomic mass is 10.0. The number of hydrogen-bond acceptors (Lipinski definition) is 7. The Morgan fingerprint density at radius 2 is 1.94 bits per heavy atom. The summed E-state index contributed by atoms with van der Waals surface area (Å²) in [4.78, 5) is 38.1. The van der Waals surface area contributed by atoms with Crippen LogP contribution in [0.1, 0.15) is 28.8 Å². The van der Waals surface area contributed by atoms with E-state index in [0.717, 1.165) is 16.9 Å². The van der Waals surface area contributed by atoms with Gasteiger partial charge in [-0.15, -0.1) is 5.10 Å². The van der Waals surface area contributed by atoms with Crippen molar-refractivity contribution in [1.82, 2.24) is 25.2 Å². The second kappa shape index (κ2) is 7.98. The van der Waals surface area contributed by atoms with Crippen LogP contribution in [0.4, 0.5) is 0 Å². The lowest BCUT2D eigenvalue weighted by Crippen LogP contribution is -2.52. The summed E-state index contributed by atoms with van der Waals surface area (Å²) in [5, 5.41) is 10.8. The molecule has 172 valence electrons. The van der Waals surface area contributed by atoms with Gasteiger partial charge in [-0.25, -0.2) is 4.68 Å². The highest BCUT2D eigenvalue weighted by molar-refractivity contribution is 6.05. The fourth-order valence-electron chi connectivity index (χ4n) is 4.62. The van der Waals surface area contributed by atoms with E-state index in [1.807, 2.05) is 42.6 Å². The van der Waals surface area contributed by atoms with Crippen molar-refractivity contribution >= 4 is 17.7 Å². The highest BCUT2D eigenvalue weighted by Gasteiger charge is 2.39. The van der Waals surface area contributed by atoms with Crippen molar-refractivity contribution in [3.63, 3.8) is 0 Å². The quantitative estimate of drug-likeness (QED) is 0.589. The summed E-state index contributed by atoms with van der Waals surface area (Å²) in [7, 11) is 0. The Bertz CT molecular complexity index is 1320. The van der Waals surface area contributed by atoms with Crippen LogP contribution in [-0.4, -0.2) is 56.4 Å². The van der Waals surface area contributed by atoms with Crippen molar-refractivity contribution < 1.29 is 23.9 Å². The molecule has 0 aliphatic carbocycles. The van der Waals surface area contributed by atoms with Gasteiger partial charge >= 0.3 is 0 Å². The number of imide groups is 1. The SMILES string of the molecule is O=C1CCC(N2Cc3cc(-c4cn(CC5COc6ccccc6O5)nn4)ccc3C2=O)C(=O)N1. The molecule has 3 amide bonds. The van der Waals surface area contributed by atoms with Crippen molar-refractivity contribution in [1.29, 1.82) is 0 Å². The molecule has 6 rings (SSSR count). The third-order valence-corrected chi connectivity index (χ3v) is 6.32. The van der Waals surface area contributed by atoms with E-state index in [-0.39, 0.29) is 24.3 Å². The van der Waals surface area contributed by atoms with E-state index in [9.17, 15) is 14.4 Å². The number of nitrogens with zero attached hydrogens (tertiary/aromatic N) is 4. The monoisotopic (exact) mass is 459 g/mol. The molecule has 3 aromatic rings. The number of amides is 3. The van der Waals surface area contributed by atoms with E-state index in [2.05, 4.69) is 15.6 Å². The maximum absolute atomic E-state index is 12.9. The molecule has 2 unspecified atom stereocenters. The van der Waals surface area contributed by atoms with Crippen LogP contribution in [0.3, 0.4) is 0 Å². The van der Waals surface area contributed by atoms with Crippen LogP contribution in [-0.2, 0) is 22.7 Å². The van der Waals surface area contributed by atoms with Crippen LogP contribution in [0.15, 0.2) is 48.7 Å². The number of carbonyl (C=O) groups is 3. The Labute approximate surface area is 194 Å². The third-order valence-electron chi connectivity index (χ3n) is 6.32. The topological polar surface area (TPSA) is 116 Å². The number of benzene rings is 2. The molecular weight excluding hydrogens is 438 g/mol. The van der Waals surface area contributed by atoms with Gasteiger partial charge in [0, 0.05) is 24.1 Å². The molecule has 1 fully saturated rings. The number of piperidine rings is 1. The molecule has 0 saturated carbocycles. The molecule has 0 radical (unpaired) electrons. The molecular formula is C24H21N5O5. The summed E-state index contributed by atoms with van der Waals surface area (Å²) in [6, 6.07) is 12.4. The molecule has 3 aliphatic heterocycles. The molecule has 0 spiro atoms. The van der Waals surface area contributed by atoms with E-state index >= 15 is 0 Å². The summed E-state index contributed by atoms with van der Waals surface area (Å²) in [5.74, 6) is 0.525. The molecule has 10 nitrogen and oxygen atoms in total. The van der Waals surface area contributed by atoms with Crippen LogP contribution in [0.2, 0.25) is 0 Å². The predicted octanol–water partition coefficient (Wildman–Crippen LogP) is 1.55. The summed E-state index contributed by atoms with van der Waals surface area (Å²) in [6.45, 7) is 1.21. The number of para-hydroxylation sites is 2. The van der Waals surface area contributed by atoms with E-state index in [1.54, 1.807) is 10.7 Å². The average molecular weight is 459 g/mol. The number of fused-ring (bicyclic) bond motifs is 2. The number of hydrogen-bond donors (Lipinski definition) is 1. The minimum Gasteiger partial charge on any atom is -0.486 e. The van der Waals surface area contributed by atoms with Crippen LogP contribution in [0.25, 0.3) is 11.3 Å². The number of aromatic nitrogens is 3. The zero-order chi connectivity index (χ0) is 23.2. The summed E-state index contributed by atoms with van der Waals surface area (Å²) < 4.78 is 13.5. The van der Waals surface area contributed by atoms with Gasteiger partial charge in [-0.1, -0.05) is 23.4 Å². The molecule has 2 atom stereocenters. The smallest absolute Gasteiger partial charge is 0.255 e. The van der Waals surface area contributed by atoms with Gasteiger partial charge in [-0.2, -0.15) is 0 Å². The van der Waals surface area contributed by atoms with Crippen LogP contribution >= 0.6 is 0 Å². The van der Waals surface area contributed by atoms with Gasteiger partial charge in [0.1, 0.15) is 18.3 Å². The fraction of sp³-hybridized carbons (Fsp3) is 0.292. The zero-order valence-electron chi connectivity index (χ0n) is 18.1. The van der Waals surface area contributed by atoms with Crippen LogP contribution < -0.4 is 14.8 Å². The lowest BCUT2D eigenvalue weighted by molar-refractivity contribution is -0.136. The minimum absolute atomic E-state index is 0.191. The van der Waals surface area contributed by atoms with Crippen molar-refractivity contribution in [2.75, 3.05) is 6.61 Å². The highest BCUT2D eigenvalue weighted by Crippen LogP contribution is 2.32. The second-order valence-electron chi connectivity index (χ2n) is 8.60. The molecule has 1 aromatic heterocycles. The molecule has 1 N–H and O–H groups in total. The zero-order valence-corrected chi connectivity index (χ0v) is 18.1. The Hall–Kier alpha value is -4.21. The first-order valence-corrected chi connectivity index (χ1v) is 11.1. The molecule has 34 heavy (non-hydrogen) atoms. The molecule has 1 saturated heterocycles. The molecule has 0 bridgehead atoms. The standard InChI is InChI=1S/C24H21N5O5/c30-22-8-7-19(23(31)25-22)29-10-15-9-14(5-6-17(15)24(29)32)18-12-28(27-26-18)11-16-13-33-20-3-1-2-4-21(20)34-16/h1-6,9,12,16,19H,7-8,10-11,13H2,(H,25,30,31). The maximum atomic E-state index is 12.9. The van der Waals surface area contributed by atoms with Crippen molar-refractivity contribution in [3.05, 3.63) is 59.8 Å². The first-order valence-electron chi connectivity index (χ1n) is 11.1. The van der Waals surface area contributed by atoms with Crippen molar-refractivity contribution in [2.45, 2.75) is 38.1 Å². The van der Waals surface area contributed by atoms with E-state index in [0.29, 0.717) is 43.1 Å². The normalized spacial score (nSPS) is 21.4. The van der Waals surface area contributed by atoms with Crippen molar-refractivity contribution in [2.24, 2.45) is 0 Å². The van der Waals surface area contributed by atoms with Gasteiger partial charge in [0.2, 0.25) is 11.8 Å². The summed E-state index contributed by atoms with van der Waals surface area (Å²) in [6.07, 6.45) is 2.21. The highest BCUT2D eigenvalue weighted by atomic mass is 16.6. The lowest BCUT2D eigenvalue weighted by Gasteiger charge is -2.29. The first kappa shape index (κ1) is 20.4. The second-order valence-corrected chi connectivity index (χ2v) is 8.60. The largest absolute Gasteiger partial charge is 0.486 e. The fourth-order valence-corrected chi connectivity index (χ4v) is 4.62. The number of nitrogens with one attached hydrogen (secondary N) is 1. The number of carbonyl (C=O) groups excluding carboxylic acids is 3. The Balaban J connectivity index is 1.16. The van der Waals surface area contributed by atoms with E-state index in [4.69, 9.17) is 9.47 Å². The Morgan fingerprint density at radius 1 is 1.09 bits per heavy atom. The van der Waals surface area contributed by atoms with Crippen molar-refractivity contribution in [3.8, 4) is 22.8 Å². The van der Waals surface area contributed by atoms with E-state index in [1.165, 1.54) is 4.90 Å². The minimum atomic E-state index is -0.634. The Morgan fingerprint density at radius 3 is 2.79 bits per heavy atom. The van der Waals surface area contributed by atoms with Gasteiger partial charge in [0.15, 0.2) is 17.6 Å². The predicted molar refractivity (Wildman–Crippen MR) is 118 cm³/mol. The average Bonchev–Trinajstić information content (AvgIpc) is 3.43. The molecule has 10 heteroatoms. The number of rotatable bonds is 4.